The van der Waals surface area contributed by atoms with Crippen molar-refractivity contribution in [3.8, 4) is 0 Å². The van der Waals surface area contributed by atoms with Gasteiger partial charge in [0.25, 0.3) is 0 Å². The number of nitrogen functional groups attached to an aromatic ring is 2. The first-order valence-corrected chi connectivity index (χ1v) is 10.0. The number of halogens is 2. The summed E-state index contributed by atoms with van der Waals surface area (Å²) in [5.74, 6) is 0. The average Bonchev–Trinajstić information content (AvgIpc) is 2.66. The molecule has 0 fully saturated rings. The van der Waals surface area contributed by atoms with Gasteiger partial charge in [0.2, 0.25) is 0 Å². The van der Waals surface area contributed by atoms with Gasteiger partial charge in [-0.25, -0.2) is 0 Å². The van der Waals surface area contributed by atoms with Crippen molar-refractivity contribution < 1.29 is 0 Å². The standard InChI is InChI=1S/C24H26Cl2N2/c1-23(2,17-9-11-21(27)19(25)13-17)15-5-7-16(8-6-15)24(3,4)18-10-12-22(28)20(26)14-18/h5-14H,27-28H2,1-4H3. The minimum absolute atomic E-state index is 0.190. The van der Waals surface area contributed by atoms with E-state index in [1.165, 1.54) is 11.1 Å². The first-order chi connectivity index (χ1) is 13.0. The first kappa shape index (κ1) is 20.6. The van der Waals surface area contributed by atoms with E-state index < -0.39 is 0 Å². The Kier molecular flexibility index (Phi) is 5.40. The van der Waals surface area contributed by atoms with Crippen LogP contribution in [0.1, 0.15) is 49.9 Å². The molecule has 0 amide bonds. The number of nitrogens with two attached hydrogens (primary N) is 2. The molecule has 0 radical (unpaired) electrons. The zero-order valence-corrected chi connectivity index (χ0v) is 18.2. The molecule has 0 bridgehead atoms. The van der Waals surface area contributed by atoms with E-state index in [2.05, 4.69) is 52.0 Å². The van der Waals surface area contributed by atoms with Gasteiger partial charge in [0.1, 0.15) is 0 Å². The summed E-state index contributed by atoms with van der Waals surface area (Å²) in [5.41, 5.74) is 17.2. The predicted molar refractivity (Wildman–Crippen MR) is 122 cm³/mol. The summed E-state index contributed by atoms with van der Waals surface area (Å²) in [7, 11) is 0. The lowest BCUT2D eigenvalue weighted by Crippen LogP contribution is -2.21. The van der Waals surface area contributed by atoms with Crippen molar-refractivity contribution in [3.63, 3.8) is 0 Å². The molecular formula is C24H26Cl2N2. The van der Waals surface area contributed by atoms with E-state index in [-0.39, 0.29) is 10.8 Å². The molecule has 4 heteroatoms. The van der Waals surface area contributed by atoms with Crippen LogP contribution in [0.2, 0.25) is 10.0 Å². The second-order valence-electron chi connectivity index (χ2n) is 8.30. The molecule has 3 rings (SSSR count). The normalized spacial score (nSPS) is 12.2. The molecule has 0 unspecified atom stereocenters. The molecule has 3 aromatic rings. The van der Waals surface area contributed by atoms with Crippen molar-refractivity contribution in [2.24, 2.45) is 0 Å². The Morgan fingerprint density at radius 1 is 0.536 bits per heavy atom. The summed E-state index contributed by atoms with van der Waals surface area (Å²) >= 11 is 12.5. The van der Waals surface area contributed by atoms with Crippen LogP contribution < -0.4 is 11.5 Å². The second-order valence-corrected chi connectivity index (χ2v) is 9.11. The molecule has 0 saturated heterocycles. The van der Waals surface area contributed by atoms with Gasteiger partial charge in [-0.2, -0.15) is 0 Å². The monoisotopic (exact) mass is 412 g/mol. The topological polar surface area (TPSA) is 52.0 Å². The van der Waals surface area contributed by atoms with Gasteiger partial charge in [0.05, 0.1) is 21.4 Å². The molecule has 0 aliphatic rings. The fourth-order valence-electron chi connectivity index (χ4n) is 3.47. The summed E-state index contributed by atoms with van der Waals surface area (Å²) < 4.78 is 0. The number of rotatable bonds is 4. The molecule has 0 spiro atoms. The van der Waals surface area contributed by atoms with Crippen molar-refractivity contribution in [1.82, 2.24) is 0 Å². The van der Waals surface area contributed by atoms with Crippen molar-refractivity contribution in [3.05, 3.63) is 93.0 Å². The van der Waals surface area contributed by atoms with Crippen molar-refractivity contribution in [2.75, 3.05) is 11.5 Å². The molecule has 0 heterocycles. The van der Waals surface area contributed by atoms with Gasteiger partial charge in [0, 0.05) is 10.8 Å². The Bertz CT molecular complexity index is 923. The van der Waals surface area contributed by atoms with E-state index >= 15 is 0 Å². The Balaban J connectivity index is 1.95. The maximum absolute atomic E-state index is 6.24. The highest BCUT2D eigenvalue weighted by molar-refractivity contribution is 6.33. The van der Waals surface area contributed by atoms with Crippen molar-refractivity contribution in [1.29, 1.82) is 0 Å². The van der Waals surface area contributed by atoms with E-state index in [4.69, 9.17) is 34.7 Å². The highest BCUT2D eigenvalue weighted by atomic mass is 35.5. The van der Waals surface area contributed by atoms with Crippen LogP contribution in [0.15, 0.2) is 60.7 Å². The van der Waals surface area contributed by atoms with Gasteiger partial charge < -0.3 is 11.5 Å². The smallest absolute Gasteiger partial charge is 0.0638 e. The fraction of sp³-hybridized carbons (Fsp3) is 0.250. The van der Waals surface area contributed by atoms with Crippen molar-refractivity contribution >= 4 is 34.6 Å². The maximum atomic E-state index is 6.24. The van der Waals surface area contributed by atoms with Crippen LogP contribution in [0.3, 0.4) is 0 Å². The van der Waals surface area contributed by atoms with E-state index in [9.17, 15) is 0 Å². The molecule has 28 heavy (non-hydrogen) atoms. The lowest BCUT2D eigenvalue weighted by molar-refractivity contribution is 0.626. The molecule has 0 aliphatic heterocycles. The minimum Gasteiger partial charge on any atom is -0.398 e. The molecule has 0 aliphatic carbocycles. The minimum atomic E-state index is -0.190. The predicted octanol–water partition coefficient (Wildman–Crippen LogP) is 6.81. The van der Waals surface area contributed by atoms with Gasteiger partial charge in [-0.05, 0) is 46.5 Å². The van der Waals surface area contributed by atoms with Gasteiger partial charge >= 0.3 is 0 Å². The Hall–Kier alpha value is -2.16. The number of benzene rings is 3. The number of hydrogen-bond donors (Lipinski definition) is 2. The SMILES string of the molecule is CC(C)(c1ccc(C(C)(C)c2ccc(N)c(Cl)c2)cc1)c1ccc(N)c(Cl)c1. The fourth-order valence-corrected chi connectivity index (χ4v) is 3.83. The van der Waals surface area contributed by atoms with Crippen LogP contribution >= 0.6 is 23.2 Å². The molecule has 2 nitrogen and oxygen atoms in total. The van der Waals surface area contributed by atoms with Crippen LogP contribution in [0, 0.1) is 0 Å². The zero-order chi connectivity index (χ0) is 20.7. The number of hydrogen-bond acceptors (Lipinski definition) is 2. The Labute approximate surface area is 177 Å². The zero-order valence-electron chi connectivity index (χ0n) is 16.7. The summed E-state index contributed by atoms with van der Waals surface area (Å²) in [6.07, 6.45) is 0. The summed E-state index contributed by atoms with van der Waals surface area (Å²) in [6.45, 7) is 8.76. The van der Waals surface area contributed by atoms with E-state index in [0.717, 1.165) is 11.1 Å². The quantitative estimate of drug-likeness (QED) is 0.462. The summed E-state index contributed by atoms with van der Waals surface area (Å²) in [5, 5.41) is 1.17. The molecule has 146 valence electrons. The van der Waals surface area contributed by atoms with Gasteiger partial charge in [-0.15, -0.1) is 0 Å². The average molecular weight is 413 g/mol. The molecular weight excluding hydrogens is 387 g/mol. The second kappa shape index (κ2) is 7.35. The Morgan fingerprint density at radius 3 is 1.11 bits per heavy atom. The lowest BCUT2D eigenvalue weighted by atomic mass is 9.74. The Morgan fingerprint density at radius 2 is 0.821 bits per heavy atom. The van der Waals surface area contributed by atoms with Crippen LogP contribution in [0.5, 0.6) is 0 Å². The van der Waals surface area contributed by atoms with E-state index in [1.807, 2.05) is 36.4 Å². The molecule has 0 aromatic heterocycles. The van der Waals surface area contributed by atoms with Crippen LogP contribution in [0.4, 0.5) is 11.4 Å². The molecule has 0 atom stereocenters. The van der Waals surface area contributed by atoms with Gasteiger partial charge in [0.15, 0.2) is 0 Å². The summed E-state index contributed by atoms with van der Waals surface area (Å²) in [4.78, 5) is 0. The van der Waals surface area contributed by atoms with E-state index in [0.29, 0.717) is 21.4 Å². The van der Waals surface area contributed by atoms with Gasteiger partial charge in [-0.3, -0.25) is 0 Å². The highest BCUT2D eigenvalue weighted by Gasteiger charge is 2.27. The maximum Gasteiger partial charge on any atom is 0.0638 e. The van der Waals surface area contributed by atoms with E-state index in [1.54, 1.807) is 0 Å². The third-order valence-electron chi connectivity index (χ3n) is 5.77. The first-order valence-electron chi connectivity index (χ1n) is 9.25. The van der Waals surface area contributed by atoms with Crippen LogP contribution in [-0.4, -0.2) is 0 Å². The van der Waals surface area contributed by atoms with Gasteiger partial charge in [-0.1, -0.05) is 87.3 Å². The largest absolute Gasteiger partial charge is 0.398 e. The molecule has 3 aromatic carbocycles. The number of anilines is 2. The summed E-state index contributed by atoms with van der Waals surface area (Å²) in [6, 6.07) is 20.4. The highest BCUT2D eigenvalue weighted by Crippen LogP contribution is 2.38. The molecule has 0 saturated carbocycles. The molecule has 4 N–H and O–H groups in total. The lowest BCUT2D eigenvalue weighted by Gasteiger charge is -2.30. The van der Waals surface area contributed by atoms with Crippen LogP contribution in [0.25, 0.3) is 0 Å². The third kappa shape index (κ3) is 3.72. The van der Waals surface area contributed by atoms with Crippen LogP contribution in [-0.2, 0) is 10.8 Å². The third-order valence-corrected chi connectivity index (χ3v) is 6.43. The van der Waals surface area contributed by atoms with Crippen molar-refractivity contribution in [2.45, 2.75) is 38.5 Å².